The van der Waals surface area contributed by atoms with Crippen molar-refractivity contribution in [1.82, 2.24) is 4.57 Å². The summed E-state index contributed by atoms with van der Waals surface area (Å²) < 4.78 is 17.1. The van der Waals surface area contributed by atoms with Crippen LogP contribution in [-0.4, -0.2) is 29.6 Å². The van der Waals surface area contributed by atoms with Crippen LogP contribution in [0.4, 0.5) is 0 Å². The van der Waals surface area contributed by atoms with E-state index in [0.717, 1.165) is 0 Å². The molecule has 1 aromatic heterocycles. The minimum atomic E-state index is -0.797. The Morgan fingerprint density at radius 2 is 1.67 bits per heavy atom. The summed E-state index contributed by atoms with van der Waals surface area (Å²) in [5, 5.41) is 0. The summed E-state index contributed by atoms with van der Waals surface area (Å²) >= 11 is 1.18. The van der Waals surface area contributed by atoms with Gasteiger partial charge in [0.15, 0.2) is 4.80 Å². The van der Waals surface area contributed by atoms with Gasteiger partial charge in [-0.3, -0.25) is 19.0 Å². The summed E-state index contributed by atoms with van der Waals surface area (Å²) in [5.74, 6) is -0.810. The first-order valence-corrected chi connectivity index (χ1v) is 11.7. The minimum Gasteiger partial charge on any atom is -0.466 e. The summed E-state index contributed by atoms with van der Waals surface area (Å²) in [7, 11) is 1.27. The van der Waals surface area contributed by atoms with Gasteiger partial charge in [0.25, 0.3) is 5.56 Å². The quantitative estimate of drug-likeness (QED) is 0.385. The first-order valence-electron chi connectivity index (χ1n) is 10.9. The zero-order chi connectivity index (χ0) is 26.0. The number of allylic oxidation sites excluding steroid dienone is 1. The zero-order valence-electron chi connectivity index (χ0n) is 19.9. The largest absolute Gasteiger partial charge is 0.466 e. The molecule has 9 nitrogen and oxygen atoms in total. The van der Waals surface area contributed by atoms with E-state index < -0.39 is 23.9 Å². The Labute approximate surface area is 209 Å². The summed E-state index contributed by atoms with van der Waals surface area (Å²) in [6.07, 6.45) is 1.68. The fourth-order valence-electron chi connectivity index (χ4n) is 3.88. The number of benzene rings is 2. The standard InChI is InChI=1S/C26H22N2O7S/c1-14-22(25(32)33-4)23(18-8-10-19(11-9-18)34-15(2)29)28-24(31)21(36-26(28)27-14)13-17-6-5-7-20(12-17)35-16(3)30/h5-13,23H,1-4H3/b21-13-/t23-/m1/s1. The van der Waals surface area contributed by atoms with Gasteiger partial charge in [-0.1, -0.05) is 35.6 Å². The van der Waals surface area contributed by atoms with E-state index in [-0.39, 0.29) is 11.1 Å². The number of carbonyl (C=O) groups is 3. The molecule has 0 bridgehead atoms. The highest BCUT2D eigenvalue weighted by Crippen LogP contribution is 2.31. The van der Waals surface area contributed by atoms with Crippen LogP contribution in [0.1, 0.15) is 37.9 Å². The molecule has 0 saturated carbocycles. The van der Waals surface area contributed by atoms with Gasteiger partial charge in [-0.15, -0.1) is 0 Å². The topological polar surface area (TPSA) is 113 Å². The number of rotatable bonds is 5. The van der Waals surface area contributed by atoms with Crippen molar-refractivity contribution in [2.24, 2.45) is 4.99 Å². The van der Waals surface area contributed by atoms with Crippen molar-refractivity contribution in [2.45, 2.75) is 26.8 Å². The second kappa shape index (κ2) is 10.1. The molecule has 4 rings (SSSR count). The number of esters is 3. The van der Waals surface area contributed by atoms with Gasteiger partial charge in [-0.05, 0) is 48.4 Å². The Morgan fingerprint density at radius 1 is 1.00 bits per heavy atom. The molecule has 0 spiro atoms. The van der Waals surface area contributed by atoms with E-state index in [1.807, 2.05) is 0 Å². The molecule has 0 fully saturated rings. The molecular weight excluding hydrogens is 484 g/mol. The van der Waals surface area contributed by atoms with Crippen LogP contribution < -0.4 is 24.4 Å². The van der Waals surface area contributed by atoms with Crippen LogP contribution in [-0.2, 0) is 19.1 Å². The lowest BCUT2D eigenvalue weighted by Gasteiger charge is -2.24. The number of hydrogen-bond donors (Lipinski definition) is 0. The Kier molecular flexibility index (Phi) is 6.98. The first kappa shape index (κ1) is 24.8. The van der Waals surface area contributed by atoms with Gasteiger partial charge >= 0.3 is 17.9 Å². The molecule has 0 saturated heterocycles. The number of carbonyl (C=O) groups excluding carboxylic acids is 3. The van der Waals surface area contributed by atoms with Crippen LogP contribution in [0.15, 0.2) is 69.6 Å². The summed E-state index contributed by atoms with van der Waals surface area (Å²) in [5.41, 5.74) is 1.59. The number of fused-ring (bicyclic) bond motifs is 1. The lowest BCUT2D eigenvalue weighted by atomic mass is 9.96. The molecule has 0 radical (unpaired) electrons. The van der Waals surface area contributed by atoms with Gasteiger partial charge < -0.3 is 14.2 Å². The maximum atomic E-state index is 13.6. The number of ether oxygens (including phenoxy) is 3. The Hall–Kier alpha value is -4.31. The molecule has 0 N–H and O–H groups in total. The molecule has 36 heavy (non-hydrogen) atoms. The summed E-state index contributed by atoms with van der Waals surface area (Å²) in [6.45, 7) is 4.30. The third-order valence-corrected chi connectivity index (χ3v) is 6.28. The molecule has 2 aromatic carbocycles. The van der Waals surface area contributed by atoms with Crippen molar-refractivity contribution in [3.8, 4) is 11.5 Å². The van der Waals surface area contributed by atoms with Crippen LogP contribution >= 0.6 is 11.3 Å². The Balaban J connectivity index is 1.87. The molecule has 1 aliphatic heterocycles. The molecule has 0 amide bonds. The highest BCUT2D eigenvalue weighted by Gasteiger charge is 2.33. The molecule has 0 aliphatic carbocycles. The van der Waals surface area contributed by atoms with E-state index in [1.165, 1.54) is 36.9 Å². The maximum absolute atomic E-state index is 13.6. The lowest BCUT2D eigenvalue weighted by molar-refractivity contribution is -0.136. The SMILES string of the molecule is COC(=O)C1=C(C)N=c2s/c(=C\c3cccc(OC(C)=O)c3)c(=O)n2[C@@H]1c1ccc(OC(C)=O)cc1. The normalized spacial score (nSPS) is 15.1. The number of methoxy groups -OCH3 is 1. The average molecular weight is 507 g/mol. The highest BCUT2D eigenvalue weighted by molar-refractivity contribution is 7.07. The van der Waals surface area contributed by atoms with Gasteiger partial charge in [0.05, 0.1) is 29.0 Å². The fraction of sp³-hybridized carbons (Fsp3) is 0.192. The molecule has 1 aliphatic rings. The number of aromatic nitrogens is 1. The van der Waals surface area contributed by atoms with Crippen molar-refractivity contribution in [3.05, 3.63) is 90.6 Å². The fourth-order valence-corrected chi connectivity index (χ4v) is 4.92. The van der Waals surface area contributed by atoms with Crippen LogP contribution in [0.2, 0.25) is 0 Å². The molecule has 2 heterocycles. The van der Waals surface area contributed by atoms with Crippen molar-refractivity contribution >= 4 is 35.3 Å². The van der Waals surface area contributed by atoms with Crippen molar-refractivity contribution in [1.29, 1.82) is 0 Å². The third-order valence-electron chi connectivity index (χ3n) is 5.30. The first-order chi connectivity index (χ1) is 17.2. The highest BCUT2D eigenvalue weighted by atomic mass is 32.1. The molecule has 0 unspecified atom stereocenters. The van der Waals surface area contributed by atoms with E-state index in [0.29, 0.717) is 37.7 Å². The van der Waals surface area contributed by atoms with Crippen molar-refractivity contribution in [3.63, 3.8) is 0 Å². The number of thiazole rings is 1. The Bertz CT molecular complexity index is 1580. The number of nitrogens with zero attached hydrogens (tertiary/aromatic N) is 2. The molecule has 10 heteroatoms. The van der Waals surface area contributed by atoms with E-state index in [4.69, 9.17) is 14.2 Å². The van der Waals surface area contributed by atoms with Gasteiger partial charge in [0, 0.05) is 13.8 Å². The predicted molar refractivity (Wildman–Crippen MR) is 131 cm³/mol. The summed E-state index contributed by atoms with van der Waals surface area (Å²) in [6, 6.07) is 12.6. The molecule has 1 atom stereocenters. The van der Waals surface area contributed by atoms with Gasteiger partial charge in [-0.25, -0.2) is 9.79 Å². The maximum Gasteiger partial charge on any atom is 0.338 e. The van der Waals surface area contributed by atoms with Gasteiger partial charge in [0.2, 0.25) is 0 Å². The molecular formula is C26H22N2O7S. The second-order valence-electron chi connectivity index (χ2n) is 7.90. The summed E-state index contributed by atoms with van der Waals surface area (Å²) in [4.78, 5) is 53.8. The van der Waals surface area contributed by atoms with Gasteiger partial charge in [0.1, 0.15) is 11.5 Å². The van der Waals surface area contributed by atoms with Crippen LogP contribution in [0.3, 0.4) is 0 Å². The average Bonchev–Trinajstić information content (AvgIpc) is 3.12. The predicted octanol–water partition coefficient (Wildman–Crippen LogP) is 2.26. The van der Waals surface area contributed by atoms with Gasteiger partial charge in [-0.2, -0.15) is 0 Å². The monoisotopic (exact) mass is 506 g/mol. The van der Waals surface area contributed by atoms with Crippen molar-refractivity contribution in [2.75, 3.05) is 7.11 Å². The Morgan fingerprint density at radius 3 is 2.31 bits per heavy atom. The van der Waals surface area contributed by atoms with E-state index in [2.05, 4.69) is 4.99 Å². The number of hydrogen-bond acceptors (Lipinski definition) is 9. The molecule has 3 aromatic rings. The third kappa shape index (κ3) is 5.03. The van der Waals surface area contributed by atoms with Crippen LogP contribution in [0, 0.1) is 0 Å². The van der Waals surface area contributed by atoms with E-state index >= 15 is 0 Å². The lowest BCUT2D eigenvalue weighted by Crippen LogP contribution is -2.39. The van der Waals surface area contributed by atoms with E-state index in [1.54, 1.807) is 61.5 Å². The van der Waals surface area contributed by atoms with Crippen molar-refractivity contribution < 1.29 is 28.6 Å². The van der Waals surface area contributed by atoms with Crippen LogP contribution in [0.5, 0.6) is 11.5 Å². The van der Waals surface area contributed by atoms with E-state index in [9.17, 15) is 19.2 Å². The second-order valence-corrected chi connectivity index (χ2v) is 8.91. The zero-order valence-corrected chi connectivity index (χ0v) is 20.8. The minimum absolute atomic E-state index is 0.230. The molecule has 184 valence electrons. The smallest absolute Gasteiger partial charge is 0.338 e. The van der Waals surface area contributed by atoms with Crippen LogP contribution in [0.25, 0.3) is 6.08 Å².